The van der Waals surface area contributed by atoms with E-state index in [1.165, 1.54) is 0 Å². The summed E-state index contributed by atoms with van der Waals surface area (Å²) >= 11 is 0. The Labute approximate surface area is 124 Å². The second-order valence-electron chi connectivity index (χ2n) is 5.03. The fourth-order valence-corrected chi connectivity index (χ4v) is 2.46. The van der Waals surface area contributed by atoms with Gasteiger partial charge in [-0.2, -0.15) is 0 Å². The van der Waals surface area contributed by atoms with E-state index in [4.69, 9.17) is 10.5 Å². The number of imidazole rings is 1. The van der Waals surface area contributed by atoms with Crippen molar-refractivity contribution in [1.82, 2.24) is 9.55 Å². The molecular formula is C17H19N3O. The van der Waals surface area contributed by atoms with Crippen LogP contribution in [0.5, 0.6) is 5.75 Å². The molecule has 0 bridgehead atoms. The molecule has 0 aliphatic carbocycles. The van der Waals surface area contributed by atoms with Gasteiger partial charge in [0.25, 0.3) is 0 Å². The second-order valence-corrected chi connectivity index (χ2v) is 5.03. The van der Waals surface area contributed by atoms with E-state index in [1.54, 1.807) is 0 Å². The molecule has 0 aliphatic heterocycles. The molecule has 3 rings (SSSR count). The molecule has 0 saturated heterocycles. The van der Waals surface area contributed by atoms with Crippen molar-refractivity contribution in [2.75, 3.05) is 5.73 Å². The zero-order valence-electron chi connectivity index (χ0n) is 12.1. The highest BCUT2D eigenvalue weighted by atomic mass is 16.5. The van der Waals surface area contributed by atoms with Gasteiger partial charge in [-0.05, 0) is 30.7 Å². The average molecular weight is 281 g/mol. The predicted molar refractivity (Wildman–Crippen MR) is 85.2 cm³/mol. The van der Waals surface area contributed by atoms with Crippen LogP contribution in [0.2, 0.25) is 0 Å². The first-order valence-corrected chi connectivity index (χ1v) is 7.20. The van der Waals surface area contributed by atoms with Crippen LogP contribution in [0.15, 0.2) is 48.5 Å². The molecular weight excluding hydrogens is 262 g/mol. The summed E-state index contributed by atoms with van der Waals surface area (Å²) in [5, 5.41) is 0. The molecule has 108 valence electrons. The molecule has 4 heteroatoms. The van der Waals surface area contributed by atoms with Crippen molar-refractivity contribution in [2.24, 2.45) is 0 Å². The number of benzene rings is 2. The number of ether oxygens (including phenoxy) is 1. The van der Waals surface area contributed by atoms with Crippen LogP contribution in [0.25, 0.3) is 11.0 Å². The zero-order chi connectivity index (χ0) is 14.7. The quantitative estimate of drug-likeness (QED) is 0.727. The van der Waals surface area contributed by atoms with Gasteiger partial charge >= 0.3 is 0 Å². The summed E-state index contributed by atoms with van der Waals surface area (Å²) in [6.07, 6.45) is 1.06. The number of anilines is 1. The molecule has 1 aromatic heterocycles. The molecule has 3 aromatic rings. The number of hydrogen-bond donors (Lipinski definition) is 1. The number of nitrogen functional groups attached to an aromatic ring is 1. The molecule has 0 saturated carbocycles. The van der Waals surface area contributed by atoms with Crippen LogP contribution in [0.3, 0.4) is 0 Å². The molecule has 0 atom stereocenters. The number of nitrogens with two attached hydrogens (primary N) is 1. The highest BCUT2D eigenvalue weighted by molar-refractivity contribution is 5.75. The molecule has 1 heterocycles. The van der Waals surface area contributed by atoms with Gasteiger partial charge in [0, 0.05) is 18.3 Å². The SMILES string of the molecule is CCCn1c(COc2cccc(N)c2)nc2ccccc21. The van der Waals surface area contributed by atoms with Gasteiger partial charge in [0.1, 0.15) is 18.2 Å². The highest BCUT2D eigenvalue weighted by Gasteiger charge is 2.10. The minimum Gasteiger partial charge on any atom is -0.486 e. The lowest BCUT2D eigenvalue weighted by Crippen LogP contribution is -2.07. The fraction of sp³-hybridized carbons (Fsp3) is 0.235. The first kappa shape index (κ1) is 13.5. The lowest BCUT2D eigenvalue weighted by Gasteiger charge is -2.09. The molecule has 0 aliphatic rings. The van der Waals surface area contributed by atoms with E-state index >= 15 is 0 Å². The molecule has 2 N–H and O–H groups in total. The minimum absolute atomic E-state index is 0.443. The van der Waals surface area contributed by atoms with E-state index in [2.05, 4.69) is 22.5 Å². The highest BCUT2D eigenvalue weighted by Crippen LogP contribution is 2.20. The van der Waals surface area contributed by atoms with Gasteiger partial charge in [-0.15, -0.1) is 0 Å². The van der Waals surface area contributed by atoms with Crippen LogP contribution in [-0.2, 0) is 13.2 Å². The Kier molecular flexibility index (Phi) is 3.77. The van der Waals surface area contributed by atoms with Crippen LogP contribution in [0, 0.1) is 0 Å². The lowest BCUT2D eigenvalue weighted by molar-refractivity contribution is 0.290. The molecule has 21 heavy (non-hydrogen) atoms. The smallest absolute Gasteiger partial charge is 0.147 e. The first-order chi connectivity index (χ1) is 10.3. The Morgan fingerprint density at radius 2 is 2.00 bits per heavy atom. The van der Waals surface area contributed by atoms with Gasteiger partial charge in [0.15, 0.2) is 0 Å². The first-order valence-electron chi connectivity index (χ1n) is 7.20. The van der Waals surface area contributed by atoms with Crippen molar-refractivity contribution in [3.63, 3.8) is 0 Å². The standard InChI is InChI=1S/C17H19N3O/c1-2-10-20-16-9-4-3-8-15(16)19-17(20)12-21-14-7-5-6-13(18)11-14/h3-9,11H,2,10,12,18H2,1H3. The van der Waals surface area contributed by atoms with Gasteiger partial charge in [0.2, 0.25) is 0 Å². The third-order valence-electron chi connectivity index (χ3n) is 3.41. The molecule has 0 radical (unpaired) electrons. The van der Waals surface area contributed by atoms with Crippen molar-refractivity contribution in [2.45, 2.75) is 26.5 Å². The summed E-state index contributed by atoms with van der Waals surface area (Å²) in [5.74, 6) is 1.71. The maximum atomic E-state index is 5.83. The molecule has 0 amide bonds. The number of aromatic nitrogens is 2. The average Bonchev–Trinajstić information content (AvgIpc) is 2.84. The van der Waals surface area contributed by atoms with Crippen molar-refractivity contribution in [3.05, 3.63) is 54.4 Å². The summed E-state index contributed by atoms with van der Waals surface area (Å²) < 4.78 is 8.05. The Morgan fingerprint density at radius 3 is 2.81 bits per heavy atom. The largest absolute Gasteiger partial charge is 0.486 e. The second kappa shape index (κ2) is 5.87. The number of fused-ring (bicyclic) bond motifs is 1. The van der Waals surface area contributed by atoms with Crippen LogP contribution >= 0.6 is 0 Å². The summed E-state index contributed by atoms with van der Waals surface area (Å²) in [5.41, 5.74) is 8.64. The number of aryl methyl sites for hydroxylation is 1. The van der Waals surface area contributed by atoms with Crippen LogP contribution in [0.1, 0.15) is 19.2 Å². The third-order valence-corrected chi connectivity index (χ3v) is 3.41. The topological polar surface area (TPSA) is 53.1 Å². The summed E-state index contributed by atoms with van der Waals surface area (Å²) in [4.78, 5) is 4.68. The Bertz CT molecular complexity index is 749. The van der Waals surface area contributed by atoms with Gasteiger partial charge in [-0.25, -0.2) is 4.98 Å². The maximum Gasteiger partial charge on any atom is 0.147 e. The third kappa shape index (κ3) is 2.84. The van der Waals surface area contributed by atoms with Gasteiger partial charge < -0.3 is 15.0 Å². The van der Waals surface area contributed by atoms with Gasteiger partial charge in [0.05, 0.1) is 11.0 Å². The number of nitrogens with zero attached hydrogens (tertiary/aromatic N) is 2. The molecule has 0 fully saturated rings. The van der Waals surface area contributed by atoms with E-state index in [-0.39, 0.29) is 0 Å². The van der Waals surface area contributed by atoms with Crippen molar-refractivity contribution < 1.29 is 4.74 Å². The zero-order valence-corrected chi connectivity index (χ0v) is 12.1. The van der Waals surface area contributed by atoms with Crippen molar-refractivity contribution in [1.29, 1.82) is 0 Å². The number of hydrogen-bond acceptors (Lipinski definition) is 3. The monoisotopic (exact) mass is 281 g/mol. The van der Waals surface area contributed by atoms with Gasteiger partial charge in [-0.3, -0.25) is 0 Å². The number of para-hydroxylation sites is 2. The predicted octanol–water partition coefficient (Wildman–Crippen LogP) is 3.61. The Balaban J connectivity index is 1.87. The van der Waals surface area contributed by atoms with E-state index < -0.39 is 0 Å². The van der Waals surface area contributed by atoms with Crippen molar-refractivity contribution >= 4 is 16.7 Å². The minimum atomic E-state index is 0.443. The summed E-state index contributed by atoms with van der Waals surface area (Å²) in [6, 6.07) is 15.6. The van der Waals surface area contributed by atoms with E-state index in [1.807, 2.05) is 42.5 Å². The lowest BCUT2D eigenvalue weighted by atomic mass is 10.3. The van der Waals surface area contributed by atoms with E-state index in [0.717, 1.165) is 35.6 Å². The Morgan fingerprint density at radius 1 is 1.14 bits per heavy atom. The van der Waals surface area contributed by atoms with Crippen LogP contribution < -0.4 is 10.5 Å². The molecule has 0 unspecified atom stereocenters. The van der Waals surface area contributed by atoms with Crippen molar-refractivity contribution in [3.8, 4) is 5.75 Å². The molecule has 2 aromatic carbocycles. The molecule has 4 nitrogen and oxygen atoms in total. The van der Waals surface area contributed by atoms with Crippen LogP contribution in [-0.4, -0.2) is 9.55 Å². The normalized spacial score (nSPS) is 10.9. The molecule has 0 spiro atoms. The summed E-state index contributed by atoms with van der Waals surface area (Å²) in [6.45, 7) is 3.55. The summed E-state index contributed by atoms with van der Waals surface area (Å²) in [7, 11) is 0. The van der Waals surface area contributed by atoms with E-state index in [9.17, 15) is 0 Å². The van der Waals surface area contributed by atoms with Crippen LogP contribution in [0.4, 0.5) is 5.69 Å². The fourth-order valence-electron chi connectivity index (χ4n) is 2.46. The Hall–Kier alpha value is -2.49. The van der Waals surface area contributed by atoms with E-state index in [0.29, 0.717) is 12.3 Å². The maximum absolute atomic E-state index is 5.83. The van der Waals surface area contributed by atoms with Gasteiger partial charge in [-0.1, -0.05) is 25.1 Å². The number of rotatable bonds is 5.